The molecule has 0 saturated heterocycles. The number of hydrogen-bond donors (Lipinski definition) is 0. The topological polar surface area (TPSA) is 9.23 Å². The van der Waals surface area contributed by atoms with Crippen LogP contribution < -0.4 is 0 Å². The smallest absolute Gasteiger partial charge is 0.0575 e. The van der Waals surface area contributed by atoms with E-state index in [1.54, 1.807) is 0 Å². The predicted molar refractivity (Wildman–Crippen MR) is 74.5 cm³/mol. The van der Waals surface area contributed by atoms with Crippen LogP contribution in [0.4, 0.5) is 0 Å². The van der Waals surface area contributed by atoms with E-state index in [9.17, 15) is 0 Å². The fourth-order valence-electron chi connectivity index (χ4n) is 2.29. The molecule has 1 nitrogen and oxygen atoms in total. The molecule has 17 heavy (non-hydrogen) atoms. The van der Waals surface area contributed by atoms with Crippen LogP contribution in [0.2, 0.25) is 0 Å². The van der Waals surface area contributed by atoms with Crippen molar-refractivity contribution in [3.63, 3.8) is 0 Å². The van der Waals surface area contributed by atoms with E-state index in [1.807, 2.05) is 11.8 Å². The van der Waals surface area contributed by atoms with Crippen molar-refractivity contribution >= 4 is 11.8 Å². The van der Waals surface area contributed by atoms with Gasteiger partial charge in [-0.15, -0.1) is 11.8 Å². The number of hydrogen-bond acceptors (Lipinski definition) is 2. The van der Waals surface area contributed by atoms with Crippen LogP contribution in [0.5, 0.6) is 0 Å². The summed E-state index contributed by atoms with van der Waals surface area (Å²) >= 11 is 1.88. The van der Waals surface area contributed by atoms with E-state index in [4.69, 9.17) is 4.74 Å². The Labute approximate surface area is 109 Å². The minimum atomic E-state index is 0.530. The first-order valence-corrected chi connectivity index (χ1v) is 7.62. The Balaban J connectivity index is 1.57. The molecule has 1 aliphatic carbocycles. The molecule has 0 atom stereocenters. The summed E-state index contributed by atoms with van der Waals surface area (Å²) in [4.78, 5) is 1.34. The van der Waals surface area contributed by atoms with Crippen LogP contribution in [-0.4, -0.2) is 18.5 Å². The maximum absolute atomic E-state index is 5.93. The molecule has 0 aliphatic heterocycles. The standard InChI is InChI=1S/C15H22OS/c1-13-7-9-14(10-8-13)16-11-12-17-15-5-3-2-4-6-15/h2-6,13-14H,7-12H2,1H3. The molecule has 0 aromatic heterocycles. The molecule has 0 spiro atoms. The van der Waals surface area contributed by atoms with Crippen molar-refractivity contribution in [1.29, 1.82) is 0 Å². The fraction of sp³-hybridized carbons (Fsp3) is 0.600. The van der Waals surface area contributed by atoms with E-state index in [-0.39, 0.29) is 0 Å². The highest BCUT2D eigenvalue weighted by atomic mass is 32.2. The summed E-state index contributed by atoms with van der Waals surface area (Å²) in [6.07, 6.45) is 5.74. The van der Waals surface area contributed by atoms with Crippen LogP contribution in [0.15, 0.2) is 35.2 Å². The van der Waals surface area contributed by atoms with Crippen molar-refractivity contribution in [2.24, 2.45) is 5.92 Å². The van der Waals surface area contributed by atoms with E-state index in [2.05, 4.69) is 37.3 Å². The van der Waals surface area contributed by atoms with Gasteiger partial charge in [0.1, 0.15) is 0 Å². The van der Waals surface area contributed by atoms with Gasteiger partial charge in [0.15, 0.2) is 0 Å². The van der Waals surface area contributed by atoms with E-state index in [0.29, 0.717) is 6.10 Å². The van der Waals surface area contributed by atoms with Crippen LogP contribution in [0, 0.1) is 5.92 Å². The first-order chi connectivity index (χ1) is 8.34. The SMILES string of the molecule is CC1CCC(OCCSc2ccccc2)CC1. The van der Waals surface area contributed by atoms with Crippen molar-refractivity contribution in [1.82, 2.24) is 0 Å². The van der Waals surface area contributed by atoms with Crippen LogP contribution in [0.25, 0.3) is 0 Å². The normalized spacial score (nSPS) is 24.8. The summed E-state index contributed by atoms with van der Waals surface area (Å²) in [7, 11) is 0. The molecule has 1 saturated carbocycles. The van der Waals surface area contributed by atoms with Gasteiger partial charge in [-0.25, -0.2) is 0 Å². The molecule has 0 amide bonds. The fourth-order valence-corrected chi connectivity index (χ4v) is 3.05. The van der Waals surface area contributed by atoms with Gasteiger partial charge in [-0.1, -0.05) is 25.1 Å². The average molecular weight is 250 g/mol. The third-order valence-corrected chi connectivity index (χ3v) is 4.39. The van der Waals surface area contributed by atoms with Gasteiger partial charge >= 0.3 is 0 Å². The highest BCUT2D eigenvalue weighted by molar-refractivity contribution is 7.99. The second kappa shape index (κ2) is 7.07. The van der Waals surface area contributed by atoms with Crippen molar-refractivity contribution in [3.8, 4) is 0 Å². The molecular formula is C15H22OS. The Morgan fingerprint density at radius 2 is 1.82 bits per heavy atom. The van der Waals surface area contributed by atoms with Gasteiger partial charge in [0.25, 0.3) is 0 Å². The lowest BCUT2D eigenvalue weighted by atomic mass is 9.89. The van der Waals surface area contributed by atoms with E-state index < -0.39 is 0 Å². The third kappa shape index (κ3) is 4.72. The van der Waals surface area contributed by atoms with Gasteiger partial charge in [-0.2, -0.15) is 0 Å². The van der Waals surface area contributed by atoms with Crippen molar-refractivity contribution in [2.75, 3.05) is 12.4 Å². The lowest BCUT2D eigenvalue weighted by molar-refractivity contribution is 0.0292. The van der Waals surface area contributed by atoms with Crippen LogP contribution in [-0.2, 0) is 4.74 Å². The molecule has 1 aromatic rings. The minimum absolute atomic E-state index is 0.530. The summed E-state index contributed by atoms with van der Waals surface area (Å²) in [6.45, 7) is 3.24. The van der Waals surface area contributed by atoms with Crippen molar-refractivity contribution in [2.45, 2.75) is 43.6 Å². The number of rotatable bonds is 5. The van der Waals surface area contributed by atoms with Crippen LogP contribution >= 0.6 is 11.8 Å². The highest BCUT2D eigenvalue weighted by Crippen LogP contribution is 2.26. The summed E-state index contributed by atoms with van der Waals surface area (Å²) < 4.78 is 5.93. The van der Waals surface area contributed by atoms with Crippen molar-refractivity contribution < 1.29 is 4.74 Å². The molecule has 2 heteroatoms. The summed E-state index contributed by atoms with van der Waals surface area (Å²) in [5.74, 6) is 1.98. The van der Waals surface area contributed by atoms with Crippen LogP contribution in [0.3, 0.4) is 0 Å². The van der Waals surface area contributed by atoms with Gasteiger partial charge in [-0.05, 0) is 43.7 Å². The minimum Gasteiger partial charge on any atom is -0.377 e. The molecule has 0 unspecified atom stereocenters. The predicted octanol–water partition coefficient (Wildman–Crippen LogP) is 4.37. The summed E-state index contributed by atoms with van der Waals surface area (Å²) in [5.41, 5.74) is 0. The molecule has 94 valence electrons. The van der Waals surface area contributed by atoms with Crippen molar-refractivity contribution in [3.05, 3.63) is 30.3 Å². The molecular weight excluding hydrogens is 228 g/mol. The molecule has 1 fully saturated rings. The number of thioether (sulfide) groups is 1. The zero-order chi connectivity index (χ0) is 11.9. The first kappa shape index (κ1) is 13.0. The number of benzene rings is 1. The lowest BCUT2D eigenvalue weighted by Gasteiger charge is -2.26. The Morgan fingerprint density at radius 3 is 2.53 bits per heavy atom. The molecule has 1 aliphatic rings. The second-order valence-electron chi connectivity index (χ2n) is 4.91. The Morgan fingerprint density at radius 1 is 1.12 bits per heavy atom. The molecule has 0 N–H and O–H groups in total. The first-order valence-electron chi connectivity index (χ1n) is 6.64. The maximum Gasteiger partial charge on any atom is 0.0575 e. The summed E-state index contributed by atoms with van der Waals surface area (Å²) in [5, 5.41) is 0. The quantitative estimate of drug-likeness (QED) is 0.567. The number of ether oxygens (including phenoxy) is 1. The molecule has 2 rings (SSSR count). The van der Waals surface area contributed by atoms with E-state index in [1.165, 1.54) is 30.6 Å². The Hall–Kier alpha value is -0.470. The average Bonchev–Trinajstić information content (AvgIpc) is 2.38. The maximum atomic E-state index is 5.93. The van der Waals surface area contributed by atoms with Gasteiger partial charge in [0.2, 0.25) is 0 Å². The third-order valence-electron chi connectivity index (χ3n) is 3.41. The largest absolute Gasteiger partial charge is 0.377 e. The van der Waals surface area contributed by atoms with Crippen LogP contribution in [0.1, 0.15) is 32.6 Å². The Kier molecular flexibility index (Phi) is 5.40. The van der Waals surface area contributed by atoms with Gasteiger partial charge in [-0.3, -0.25) is 0 Å². The zero-order valence-corrected chi connectivity index (χ0v) is 11.4. The second-order valence-corrected chi connectivity index (χ2v) is 6.08. The highest BCUT2D eigenvalue weighted by Gasteiger charge is 2.18. The molecule has 1 aromatic carbocycles. The van der Waals surface area contributed by atoms with E-state index >= 15 is 0 Å². The van der Waals surface area contributed by atoms with E-state index in [0.717, 1.165) is 18.3 Å². The lowest BCUT2D eigenvalue weighted by Crippen LogP contribution is -2.21. The molecule has 0 bridgehead atoms. The van der Waals surface area contributed by atoms with Gasteiger partial charge < -0.3 is 4.74 Å². The van der Waals surface area contributed by atoms with Gasteiger partial charge in [0.05, 0.1) is 12.7 Å². The van der Waals surface area contributed by atoms with Gasteiger partial charge in [0, 0.05) is 10.6 Å². The molecule has 0 radical (unpaired) electrons. The summed E-state index contributed by atoms with van der Waals surface area (Å²) in [6, 6.07) is 10.6. The zero-order valence-electron chi connectivity index (χ0n) is 10.6. The monoisotopic (exact) mass is 250 g/mol. The Bertz CT molecular complexity index is 304. The molecule has 0 heterocycles.